The fourth-order valence-corrected chi connectivity index (χ4v) is 3.94. The zero-order chi connectivity index (χ0) is 20.8. The van der Waals surface area contributed by atoms with Crippen LogP contribution < -0.4 is 10.2 Å². The predicted octanol–water partition coefficient (Wildman–Crippen LogP) is 3.16. The van der Waals surface area contributed by atoms with Crippen LogP contribution in [0.15, 0.2) is 48.8 Å². The van der Waals surface area contributed by atoms with Crippen LogP contribution in [0.3, 0.4) is 0 Å². The molecular weight excluding hydrogens is 369 g/mol. The van der Waals surface area contributed by atoms with Crippen molar-refractivity contribution < 1.29 is 19.2 Å². The highest BCUT2D eigenvalue weighted by atomic mass is 28.4. The zero-order valence-corrected chi connectivity index (χ0v) is 18.6. The molecule has 2 rings (SSSR count). The normalized spacial score (nSPS) is 13.2. The molecule has 1 atom stereocenters. The number of ether oxygens (including phenoxy) is 1. The fraction of sp³-hybridized carbons (Fsp3) is 0.476. The zero-order valence-electron chi connectivity index (χ0n) is 17.6. The van der Waals surface area contributed by atoms with Gasteiger partial charge < -0.3 is 19.2 Å². The summed E-state index contributed by atoms with van der Waals surface area (Å²) >= 11 is 0. The van der Waals surface area contributed by atoms with Crippen molar-refractivity contribution in [2.24, 2.45) is 0 Å². The van der Waals surface area contributed by atoms with E-state index in [1.54, 1.807) is 30.5 Å². The molecule has 0 saturated carbocycles. The minimum atomic E-state index is -1.93. The number of aryl methyl sites for hydroxylation is 1. The van der Waals surface area contributed by atoms with Crippen LogP contribution in [-0.4, -0.2) is 43.2 Å². The van der Waals surface area contributed by atoms with Crippen molar-refractivity contribution in [3.63, 3.8) is 0 Å². The number of nitrogens with zero attached hydrogens (tertiary/aromatic N) is 1. The monoisotopic (exact) mass is 401 g/mol. The summed E-state index contributed by atoms with van der Waals surface area (Å²) in [4.78, 5) is 4.19. The molecule has 0 bridgehead atoms. The van der Waals surface area contributed by atoms with Crippen LogP contribution in [0.1, 0.15) is 32.8 Å². The SMILES string of the molecule is CC(C)(C)[Si](C)(C)O[C@@H](CCc1cccnc1)COc1ccc(B(O)O)cc1. The molecule has 0 aliphatic carbocycles. The first-order chi connectivity index (χ1) is 13.1. The maximum atomic E-state index is 9.21. The van der Waals surface area contributed by atoms with E-state index in [1.165, 1.54) is 5.56 Å². The molecule has 0 aliphatic rings. The van der Waals surface area contributed by atoms with E-state index in [4.69, 9.17) is 9.16 Å². The molecule has 2 aromatic rings. The quantitative estimate of drug-likeness (QED) is 0.632. The van der Waals surface area contributed by atoms with Crippen molar-refractivity contribution in [3.05, 3.63) is 54.4 Å². The molecule has 1 aromatic carbocycles. The van der Waals surface area contributed by atoms with Gasteiger partial charge in [-0.25, -0.2) is 0 Å². The molecule has 0 saturated heterocycles. The van der Waals surface area contributed by atoms with Gasteiger partial charge in [0.15, 0.2) is 8.32 Å². The fourth-order valence-electron chi connectivity index (χ4n) is 2.57. The van der Waals surface area contributed by atoms with Gasteiger partial charge in [-0.3, -0.25) is 4.98 Å². The third-order valence-corrected chi connectivity index (χ3v) is 9.89. The van der Waals surface area contributed by atoms with E-state index in [1.807, 2.05) is 12.3 Å². The van der Waals surface area contributed by atoms with E-state index in [0.717, 1.165) is 12.8 Å². The summed E-state index contributed by atoms with van der Waals surface area (Å²) in [6.45, 7) is 11.7. The Morgan fingerprint density at radius 2 is 1.79 bits per heavy atom. The lowest BCUT2D eigenvalue weighted by atomic mass is 9.80. The third-order valence-electron chi connectivity index (χ3n) is 5.36. The van der Waals surface area contributed by atoms with E-state index < -0.39 is 15.4 Å². The van der Waals surface area contributed by atoms with Crippen LogP contribution in [0.4, 0.5) is 0 Å². The summed E-state index contributed by atoms with van der Waals surface area (Å²) in [6, 6.07) is 10.8. The number of benzene rings is 1. The lowest BCUT2D eigenvalue weighted by Gasteiger charge is -2.39. The van der Waals surface area contributed by atoms with E-state index in [0.29, 0.717) is 17.8 Å². The minimum Gasteiger partial charge on any atom is -0.491 e. The van der Waals surface area contributed by atoms with Gasteiger partial charge in [0.2, 0.25) is 0 Å². The Kier molecular flexibility index (Phi) is 7.83. The standard InChI is InChI=1S/C21H32BNO4Si/c1-21(2,3)28(4,5)27-20(11-8-17-7-6-14-23-15-17)16-26-19-12-9-18(10-13-19)22(24)25/h6-7,9-10,12-15,20,24-25H,8,11,16H2,1-5H3/t20-/m0/s1. The van der Waals surface area contributed by atoms with Crippen molar-refractivity contribution in [2.45, 2.75) is 57.8 Å². The van der Waals surface area contributed by atoms with Crippen LogP contribution in [0.25, 0.3) is 0 Å². The van der Waals surface area contributed by atoms with E-state index >= 15 is 0 Å². The van der Waals surface area contributed by atoms with Gasteiger partial charge in [0, 0.05) is 12.4 Å². The Hall–Kier alpha value is -1.67. The summed E-state index contributed by atoms with van der Waals surface area (Å²) in [5, 5.41) is 18.5. The summed E-state index contributed by atoms with van der Waals surface area (Å²) in [6.07, 6.45) is 5.38. The Bertz CT molecular complexity index is 717. The second-order valence-electron chi connectivity index (χ2n) is 8.65. The van der Waals surface area contributed by atoms with Gasteiger partial charge in [0.05, 0.1) is 6.10 Å². The highest BCUT2D eigenvalue weighted by Crippen LogP contribution is 2.37. The maximum absolute atomic E-state index is 9.21. The number of rotatable bonds is 9. The predicted molar refractivity (Wildman–Crippen MR) is 116 cm³/mol. The molecule has 7 heteroatoms. The molecule has 1 heterocycles. The first kappa shape index (κ1) is 22.6. The maximum Gasteiger partial charge on any atom is 0.488 e. The van der Waals surface area contributed by atoms with Gasteiger partial charge in [-0.2, -0.15) is 0 Å². The summed E-state index contributed by atoms with van der Waals surface area (Å²) in [5.74, 6) is 0.689. The Morgan fingerprint density at radius 1 is 1.11 bits per heavy atom. The lowest BCUT2D eigenvalue weighted by molar-refractivity contribution is 0.108. The second-order valence-corrected chi connectivity index (χ2v) is 13.4. The van der Waals surface area contributed by atoms with Gasteiger partial charge in [0.25, 0.3) is 0 Å². The van der Waals surface area contributed by atoms with Crippen molar-refractivity contribution in [3.8, 4) is 5.75 Å². The molecule has 2 N–H and O–H groups in total. The molecule has 0 aliphatic heterocycles. The Morgan fingerprint density at radius 3 is 2.32 bits per heavy atom. The molecule has 5 nitrogen and oxygen atoms in total. The highest BCUT2D eigenvalue weighted by Gasteiger charge is 2.39. The van der Waals surface area contributed by atoms with E-state index in [-0.39, 0.29) is 11.1 Å². The molecule has 152 valence electrons. The van der Waals surface area contributed by atoms with E-state index in [9.17, 15) is 10.0 Å². The smallest absolute Gasteiger partial charge is 0.488 e. The third kappa shape index (κ3) is 6.74. The summed E-state index contributed by atoms with van der Waals surface area (Å²) in [7, 11) is -3.40. The molecule has 0 fully saturated rings. The van der Waals surface area contributed by atoms with Gasteiger partial charge in [-0.15, -0.1) is 0 Å². The van der Waals surface area contributed by atoms with Crippen molar-refractivity contribution in [2.75, 3.05) is 6.61 Å². The van der Waals surface area contributed by atoms with E-state index in [2.05, 4.69) is 44.9 Å². The number of hydrogen-bond donors (Lipinski definition) is 2. The lowest BCUT2D eigenvalue weighted by Crippen LogP contribution is -2.45. The van der Waals surface area contributed by atoms with Crippen molar-refractivity contribution in [1.82, 2.24) is 4.98 Å². The van der Waals surface area contributed by atoms with Crippen molar-refractivity contribution in [1.29, 1.82) is 0 Å². The molecule has 28 heavy (non-hydrogen) atoms. The molecule has 0 spiro atoms. The van der Waals surface area contributed by atoms with Crippen LogP contribution >= 0.6 is 0 Å². The molecular formula is C21H32BNO4Si. The Balaban J connectivity index is 2.04. The molecule has 0 unspecified atom stereocenters. The second kappa shape index (κ2) is 9.69. The van der Waals surface area contributed by atoms with Gasteiger partial charge >= 0.3 is 7.12 Å². The molecule has 0 radical (unpaired) electrons. The number of aromatic nitrogens is 1. The van der Waals surface area contributed by atoms with Gasteiger partial charge in [-0.05, 0) is 60.2 Å². The van der Waals surface area contributed by atoms with Crippen LogP contribution in [0, 0.1) is 0 Å². The average Bonchev–Trinajstić information content (AvgIpc) is 2.64. The average molecular weight is 401 g/mol. The summed E-state index contributed by atoms with van der Waals surface area (Å²) in [5.41, 5.74) is 1.63. The first-order valence-electron chi connectivity index (χ1n) is 9.74. The largest absolute Gasteiger partial charge is 0.491 e. The van der Waals surface area contributed by atoms with Crippen LogP contribution in [0.2, 0.25) is 18.1 Å². The summed E-state index contributed by atoms with van der Waals surface area (Å²) < 4.78 is 12.6. The molecule has 1 aromatic heterocycles. The Labute approximate surface area is 170 Å². The van der Waals surface area contributed by atoms with Crippen LogP contribution in [0.5, 0.6) is 5.75 Å². The number of hydrogen-bond acceptors (Lipinski definition) is 5. The van der Waals surface area contributed by atoms with Crippen molar-refractivity contribution >= 4 is 20.9 Å². The van der Waals surface area contributed by atoms with Gasteiger partial charge in [0.1, 0.15) is 12.4 Å². The topological polar surface area (TPSA) is 71.8 Å². The molecule has 0 amide bonds. The minimum absolute atomic E-state index is 0.0239. The number of pyridine rings is 1. The van der Waals surface area contributed by atoms with Gasteiger partial charge in [-0.1, -0.05) is 39.0 Å². The highest BCUT2D eigenvalue weighted by molar-refractivity contribution is 6.74. The van der Waals surface area contributed by atoms with Crippen LogP contribution in [-0.2, 0) is 10.8 Å². The first-order valence-corrected chi connectivity index (χ1v) is 12.6.